The van der Waals surface area contributed by atoms with E-state index in [0.29, 0.717) is 34.2 Å². The summed E-state index contributed by atoms with van der Waals surface area (Å²) in [6.45, 7) is 6.73. The minimum atomic E-state index is 0.472. The van der Waals surface area contributed by atoms with Crippen LogP contribution in [0.5, 0.6) is 0 Å². The Labute approximate surface area is 521 Å². The molecule has 13 rings (SSSR count). The monoisotopic (exact) mass is 1240 g/mol. The molecule has 0 fully saturated rings. The quantitative estimate of drug-likeness (QED) is 0.0838. The fourth-order valence-electron chi connectivity index (χ4n) is 12.3. The van der Waals surface area contributed by atoms with Gasteiger partial charge in [-0.2, -0.15) is 15.8 Å². The summed E-state index contributed by atoms with van der Waals surface area (Å²) in [6.07, 6.45) is 9.81. The molecule has 0 saturated heterocycles. The van der Waals surface area contributed by atoms with Crippen LogP contribution >= 0.6 is 22.6 Å². The van der Waals surface area contributed by atoms with Crippen molar-refractivity contribution in [2.24, 2.45) is 0 Å². The number of fused-ring (bicyclic) bond motifs is 6. The number of rotatable bonds is 17. The Balaban J connectivity index is 1.03. The first-order valence-electron chi connectivity index (χ1n) is 30.2. The van der Waals surface area contributed by atoms with Crippen LogP contribution < -0.4 is 0 Å². The normalized spacial score (nSPS) is 11.4. The highest BCUT2D eigenvalue weighted by Crippen LogP contribution is 2.42. The van der Waals surface area contributed by atoms with Crippen LogP contribution in [0.4, 0.5) is 0 Å². The van der Waals surface area contributed by atoms with Gasteiger partial charge >= 0.3 is 0 Å². The van der Waals surface area contributed by atoms with Crippen LogP contribution in [0.25, 0.3) is 123 Å². The van der Waals surface area contributed by atoms with Crippen LogP contribution in [0.15, 0.2) is 206 Å². The van der Waals surface area contributed by atoms with Gasteiger partial charge in [-0.05, 0) is 227 Å². The number of nitriles is 3. The van der Waals surface area contributed by atoms with E-state index in [1.165, 1.54) is 38.2 Å². The number of nitrogens with zero attached hydrogens (tertiary/aromatic N) is 8. The summed E-state index contributed by atoms with van der Waals surface area (Å²) in [5.41, 5.74) is 19.9. The van der Waals surface area contributed by atoms with Gasteiger partial charge in [0.15, 0.2) is 17.5 Å². The zero-order chi connectivity index (χ0) is 59.5. The largest absolute Gasteiger partial charge is 0.309 e. The van der Waals surface area contributed by atoms with Crippen molar-refractivity contribution in [2.75, 3.05) is 0 Å². The van der Waals surface area contributed by atoms with Crippen LogP contribution in [0.2, 0.25) is 0 Å². The average Bonchev–Trinajstić information content (AvgIpc) is 1.80. The lowest BCUT2D eigenvalue weighted by atomic mass is 9.98. The van der Waals surface area contributed by atoms with Gasteiger partial charge < -0.3 is 9.13 Å². The molecule has 0 unspecified atom stereocenters. The summed E-state index contributed by atoms with van der Waals surface area (Å²) in [4.78, 5) is 16.2. The molecule has 0 aliphatic rings. The maximum atomic E-state index is 10.4. The second-order valence-electron chi connectivity index (χ2n) is 22.6. The highest BCUT2D eigenvalue weighted by atomic mass is 127. The minimum absolute atomic E-state index is 0.472. The first kappa shape index (κ1) is 56.2. The lowest BCUT2D eigenvalue weighted by Gasteiger charge is -2.17. The van der Waals surface area contributed by atoms with Gasteiger partial charge in [0.05, 0.1) is 68.3 Å². The molecule has 3 heterocycles. The Kier molecular flexibility index (Phi) is 15.8. The molecule has 9 heteroatoms. The Morgan fingerprint density at radius 2 is 0.701 bits per heavy atom. The second-order valence-corrected chi connectivity index (χ2v) is 23.9. The molecule has 87 heavy (non-hydrogen) atoms. The molecule has 0 aliphatic heterocycles. The number of aryl methyl sites for hydroxylation is 3. The molecule has 420 valence electrons. The summed E-state index contributed by atoms with van der Waals surface area (Å²) in [5.74, 6) is 1.43. The maximum Gasteiger partial charge on any atom is 0.164 e. The van der Waals surface area contributed by atoms with Gasteiger partial charge in [-0.25, -0.2) is 15.0 Å². The van der Waals surface area contributed by atoms with E-state index < -0.39 is 0 Å². The molecule has 0 N–H and O–H groups in total. The van der Waals surface area contributed by atoms with Crippen molar-refractivity contribution in [3.8, 4) is 97.1 Å². The van der Waals surface area contributed by atoms with Gasteiger partial charge in [0.2, 0.25) is 0 Å². The lowest BCUT2D eigenvalue weighted by molar-refractivity contribution is 0.795. The third-order valence-corrected chi connectivity index (χ3v) is 17.5. The van der Waals surface area contributed by atoms with E-state index in [-0.39, 0.29) is 0 Å². The number of halogens is 1. The van der Waals surface area contributed by atoms with Gasteiger partial charge in [-0.1, -0.05) is 119 Å². The number of aromatic nitrogens is 5. The van der Waals surface area contributed by atoms with Gasteiger partial charge in [0, 0.05) is 52.9 Å². The Hall–Kier alpha value is -9.99. The summed E-state index contributed by atoms with van der Waals surface area (Å²) in [7, 11) is 0. The van der Waals surface area contributed by atoms with Gasteiger partial charge in [-0.15, -0.1) is 0 Å². The molecule has 8 nitrogen and oxygen atoms in total. The molecule has 13 aromatic rings. The van der Waals surface area contributed by atoms with Crippen molar-refractivity contribution in [3.05, 3.63) is 243 Å². The zero-order valence-corrected chi connectivity index (χ0v) is 51.1. The topological polar surface area (TPSA) is 120 Å². The van der Waals surface area contributed by atoms with Crippen molar-refractivity contribution in [1.82, 2.24) is 24.1 Å². The van der Waals surface area contributed by atoms with Gasteiger partial charge in [0.1, 0.15) is 0 Å². The maximum absolute atomic E-state index is 10.4. The van der Waals surface area contributed by atoms with Gasteiger partial charge in [-0.3, -0.25) is 0 Å². The van der Waals surface area contributed by atoms with Crippen molar-refractivity contribution in [1.29, 1.82) is 15.8 Å². The fourth-order valence-corrected chi connectivity index (χ4v) is 12.8. The lowest BCUT2D eigenvalue weighted by Crippen LogP contribution is -2.03. The molecule has 0 spiro atoms. The smallest absolute Gasteiger partial charge is 0.164 e. The van der Waals surface area contributed by atoms with Crippen LogP contribution in [-0.2, 0) is 19.3 Å². The molecule has 0 amide bonds. The summed E-state index contributed by atoms with van der Waals surface area (Å²) < 4.78 is 5.91. The van der Waals surface area contributed by atoms with Crippen molar-refractivity contribution < 1.29 is 0 Å². The van der Waals surface area contributed by atoms with E-state index in [1.807, 2.05) is 84.9 Å². The van der Waals surface area contributed by atoms with E-state index in [1.54, 1.807) is 0 Å². The molecular formula is C78H61IN8. The second kappa shape index (κ2) is 24.5. The van der Waals surface area contributed by atoms with Crippen LogP contribution in [0, 0.1) is 37.6 Å². The van der Waals surface area contributed by atoms with E-state index >= 15 is 0 Å². The van der Waals surface area contributed by atoms with Crippen molar-refractivity contribution in [2.45, 2.75) is 78.6 Å². The van der Waals surface area contributed by atoms with Crippen LogP contribution in [-0.4, -0.2) is 24.1 Å². The number of hydrogen-bond donors (Lipinski definition) is 0. The zero-order valence-electron chi connectivity index (χ0n) is 48.9. The molecule has 3 aromatic heterocycles. The summed E-state index contributed by atoms with van der Waals surface area (Å²) in [6, 6.07) is 78.9. The predicted molar refractivity (Wildman–Crippen MR) is 364 cm³/mol. The number of benzene rings is 10. The number of hydrogen-bond acceptors (Lipinski definition) is 6. The summed E-state index contributed by atoms with van der Waals surface area (Å²) >= 11 is 2.41. The van der Waals surface area contributed by atoms with Crippen molar-refractivity contribution >= 4 is 66.2 Å². The standard InChI is InChI=1S/C78H61IN8/c1-4-7-13-50-22-32-72-66(41-50)67-42-51(14-8-5-2)23-33-73(67)86(72)70-35-29-61(44-64(70)59-20-11-17-54(39-59)48-81)77-83-76(57-27-25-56(26-28-57)58-19-10-16-53(38-58)47-80)84-78(85-77)62-30-36-71(65(45-62)60-21-12-18-55(40-60)49-82)87-74-34-24-52(15-9-6-3)43-68(74)69-46-63(79)31-37-75(69)87/h10-12,16-46H,4-9,13-15H2,1-3H3. The SMILES string of the molecule is CCCCc1ccc2c(c1)c1cc(I)ccc1n2-c1ccc(-c2nc(-c3ccc(-c4cccc(C#N)c4)cc3)nc(-c3ccc(-n4c5ccc(CCCC)cc5c5cc(CCCC)ccc54)c(-c4cccc(C#N)c4)c3)n2)cc1-c1cccc(C#N)c1. The van der Waals surface area contributed by atoms with E-state index in [2.05, 4.69) is 192 Å². The van der Waals surface area contributed by atoms with Gasteiger partial charge in [0.25, 0.3) is 0 Å². The minimum Gasteiger partial charge on any atom is -0.309 e. The third-order valence-electron chi connectivity index (χ3n) is 16.8. The van der Waals surface area contributed by atoms with Crippen molar-refractivity contribution in [3.63, 3.8) is 0 Å². The van der Waals surface area contributed by atoms with E-state index in [0.717, 1.165) is 145 Å². The fraction of sp³-hybridized carbons (Fsp3) is 0.154. The molecule has 10 aromatic carbocycles. The Bertz CT molecular complexity index is 4880. The molecular weight excluding hydrogens is 1180 g/mol. The van der Waals surface area contributed by atoms with E-state index in [4.69, 9.17) is 15.0 Å². The number of unbranched alkanes of at least 4 members (excludes halogenated alkanes) is 3. The predicted octanol–water partition coefficient (Wildman–Crippen LogP) is 20.3. The third kappa shape index (κ3) is 11.1. The Morgan fingerprint density at radius 1 is 0.345 bits per heavy atom. The summed E-state index contributed by atoms with van der Waals surface area (Å²) in [5, 5.41) is 35.3. The first-order valence-corrected chi connectivity index (χ1v) is 31.3. The van der Waals surface area contributed by atoms with Crippen LogP contribution in [0.3, 0.4) is 0 Å². The Morgan fingerprint density at radius 3 is 1.11 bits per heavy atom. The molecule has 0 saturated carbocycles. The highest BCUT2D eigenvalue weighted by Gasteiger charge is 2.23. The van der Waals surface area contributed by atoms with Crippen LogP contribution in [0.1, 0.15) is 92.7 Å². The van der Waals surface area contributed by atoms with E-state index in [9.17, 15) is 15.8 Å². The molecule has 0 bridgehead atoms. The molecule has 0 radical (unpaired) electrons. The average molecular weight is 1240 g/mol. The molecule has 0 aliphatic carbocycles. The highest BCUT2D eigenvalue weighted by molar-refractivity contribution is 14.1. The first-order chi connectivity index (χ1) is 42.7. The molecule has 0 atom stereocenters.